The molecule has 0 bridgehead atoms. The van der Waals surface area contributed by atoms with Crippen molar-refractivity contribution in [1.29, 1.82) is 0 Å². The van der Waals surface area contributed by atoms with E-state index in [1.807, 2.05) is 28.8 Å². The number of aryl methyl sites for hydroxylation is 1. The van der Waals surface area contributed by atoms with Crippen molar-refractivity contribution in [3.05, 3.63) is 53.7 Å². The quantitative estimate of drug-likeness (QED) is 0.487. The number of rotatable bonds is 7. The molecule has 0 amide bonds. The number of anilines is 1. The number of nitrogens with zero attached hydrogens (tertiary/aromatic N) is 3. The van der Waals surface area contributed by atoms with Gasteiger partial charge in [-0.15, -0.1) is 5.10 Å². The van der Waals surface area contributed by atoms with E-state index in [0.29, 0.717) is 23.8 Å². The number of methoxy groups -OCH3 is 3. The molecule has 0 saturated carbocycles. The SMILES string of the molecule is COc1cc(-c2cnc3sc(NCc4ccccc4C)nn23)cc(OC)c1OC. The van der Waals surface area contributed by atoms with E-state index in [1.54, 1.807) is 27.5 Å². The molecular formula is C21H22N4O3S. The van der Waals surface area contributed by atoms with Crippen molar-refractivity contribution in [1.82, 2.24) is 14.6 Å². The average molecular weight is 410 g/mol. The molecule has 7 nitrogen and oxygen atoms in total. The van der Waals surface area contributed by atoms with Gasteiger partial charge in [-0.3, -0.25) is 0 Å². The first-order chi connectivity index (χ1) is 14.1. The Labute approximate surface area is 172 Å². The van der Waals surface area contributed by atoms with Crippen LogP contribution in [-0.2, 0) is 6.54 Å². The predicted molar refractivity (Wildman–Crippen MR) is 114 cm³/mol. The van der Waals surface area contributed by atoms with Gasteiger partial charge in [0.1, 0.15) is 0 Å². The van der Waals surface area contributed by atoms with E-state index in [4.69, 9.17) is 19.3 Å². The van der Waals surface area contributed by atoms with E-state index < -0.39 is 0 Å². The molecule has 1 N–H and O–H groups in total. The summed E-state index contributed by atoms with van der Waals surface area (Å²) in [6, 6.07) is 12.1. The normalized spacial score (nSPS) is 10.9. The molecule has 150 valence electrons. The number of hydrogen-bond acceptors (Lipinski definition) is 7. The summed E-state index contributed by atoms with van der Waals surface area (Å²) in [6.07, 6.45) is 1.80. The van der Waals surface area contributed by atoms with Gasteiger partial charge in [-0.05, 0) is 30.2 Å². The van der Waals surface area contributed by atoms with Crippen LogP contribution in [0.4, 0.5) is 5.13 Å². The van der Waals surface area contributed by atoms with Gasteiger partial charge in [0.2, 0.25) is 15.8 Å². The van der Waals surface area contributed by atoms with Gasteiger partial charge >= 0.3 is 0 Å². The third kappa shape index (κ3) is 3.58. The topological polar surface area (TPSA) is 69.9 Å². The molecular weight excluding hydrogens is 388 g/mol. The van der Waals surface area contributed by atoms with E-state index in [0.717, 1.165) is 21.3 Å². The molecule has 0 saturated heterocycles. The van der Waals surface area contributed by atoms with Crippen LogP contribution in [0.25, 0.3) is 16.2 Å². The summed E-state index contributed by atoms with van der Waals surface area (Å²) >= 11 is 1.51. The molecule has 0 unspecified atom stereocenters. The molecule has 29 heavy (non-hydrogen) atoms. The van der Waals surface area contributed by atoms with Crippen LogP contribution >= 0.6 is 11.3 Å². The van der Waals surface area contributed by atoms with Gasteiger partial charge in [0.25, 0.3) is 0 Å². The lowest BCUT2D eigenvalue weighted by Crippen LogP contribution is -2.01. The van der Waals surface area contributed by atoms with Crippen LogP contribution in [0.15, 0.2) is 42.6 Å². The molecule has 2 aromatic heterocycles. The first-order valence-corrected chi connectivity index (χ1v) is 9.89. The molecule has 2 heterocycles. The van der Waals surface area contributed by atoms with Crippen molar-refractivity contribution in [3.63, 3.8) is 0 Å². The van der Waals surface area contributed by atoms with Gasteiger partial charge in [0.05, 0.1) is 33.2 Å². The molecule has 0 atom stereocenters. The Hall–Kier alpha value is -3.26. The third-order valence-electron chi connectivity index (χ3n) is 4.74. The second-order valence-electron chi connectivity index (χ2n) is 6.44. The zero-order valence-electron chi connectivity index (χ0n) is 16.7. The molecule has 0 radical (unpaired) electrons. The summed E-state index contributed by atoms with van der Waals surface area (Å²) in [6.45, 7) is 2.82. The van der Waals surface area contributed by atoms with Gasteiger partial charge in [-0.2, -0.15) is 0 Å². The highest BCUT2D eigenvalue weighted by Crippen LogP contribution is 2.41. The van der Waals surface area contributed by atoms with Crippen molar-refractivity contribution in [2.24, 2.45) is 0 Å². The largest absolute Gasteiger partial charge is 0.493 e. The van der Waals surface area contributed by atoms with Crippen LogP contribution in [0.2, 0.25) is 0 Å². The van der Waals surface area contributed by atoms with Gasteiger partial charge in [-0.1, -0.05) is 35.6 Å². The Kier molecular flexibility index (Phi) is 5.26. The fourth-order valence-electron chi connectivity index (χ4n) is 3.17. The predicted octanol–water partition coefficient (Wildman–Crippen LogP) is 4.40. The molecule has 2 aromatic carbocycles. The zero-order chi connectivity index (χ0) is 20.4. The minimum atomic E-state index is 0.554. The monoisotopic (exact) mass is 410 g/mol. The molecule has 4 aromatic rings. The number of hydrogen-bond donors (Lipinski definition) is 1. The summed E-state index contributed by atoms with van der Waals surface area (Å²) in [5.74, 6) is 1.73. The van der Waals surface area contributed by atoms with Crippen LogP contribution in [0.1, 0.15) is 11.1 Å². The van der Waals surface area contributed by atoms with Crippen LogP contribution in [-0.4, -0.2) is 35.9 Å². The van der Waals surface area contributed by atoms with Gasteiger partial charge < -0.3 is 19.5 Å². The second kappa shape index (κ2) is 8.00. The van der Waals surface area contributed by atoms with E-state index in [2.05, 4.69) is 29.4 Å². The third-order valence-corrected chi connectivity index (χ3v) is 5.62. The Balaban J connectivity index is 1.67. The molecule has 0 aliphatic carbocycles. The maximum atomic E-state index is 5.47. The Morgan fingerprint density at radius 1 is 1.03 bits per heavy atom. The van der Waals surface area contributed by atoms with Crippen LogP contribution in [0.3, 0.4) is 0 Å². The van der Waals surface area contributed by atoms with Crippen molar-refractivity contribution in [2.45, 2.75) is 13.5 Å². The van der Waals surface area contributed by atoms with Crippen molar-refractivity contribution >= 4 is 21.4 Å². The Morgan fingerprint density at radius 3 is 2.41 bits per heavy atom. The summed E-state index contributed by atoms with van der Waals surface area (Å²) in [5, 5.41) is 8.90. The number of nitrogens with one attached hydrogen (secondary N) is 1. The first kappa shape index (κ1) is 19.1. The summed E-state index contributed by atoms with van der Waals surface area (Å²) in [5.41, 5.74) is 4.21. The lowest BCUT2D eigenvalue weighted by atomic mass is 10.1. The fraction of sp³-hybridized carbons (Fsp3) is 0.238. The van der Waals surface area contributed by atoms with Crippen LogP contribution in [0.5, 0.6) is 17.2 Å². The molecule has 0 aliphatic rings. The highest BCUT2D eigenvalue weighted by molar-refractivity contribution is 7.20. The molecule has 0 fully saturated rings. The fourth-order valence-corrected chi connectivity index (χ4v) is 3.94. The van der Waals surface area contributed by atoms with Crippen molar-refractivity contribution in [3.8, 4) is 28.5 Å². The lowest BCUT2D eigenvalue weighted by Gasteiger charge is -2.13. The summed E-state index contributed by atoms with van der Waals surface area (Å²) in [7, 11) is 4.79. The smallest absolute Gasteiger partial charge is 0.214 e. The number of fused-ring (bicyclic) bond motifs is 1. The Morgan fingerprint density at radius 2 is 1.76 bits per heavy atom. The summed E-state index contributed by atoms with van der Waals surface area (Å²) < 4.78 is 18.2. The molecule has 0 spiro atoms. The molecule has 4 rings (SSSR count). The van der Waals surface area contributed by atoms with Gasteiger partial charge in [-0.25, -0.2) is 9.50 Å². The first-order valence-electron chi connectivity index (χ1n) is 9.08. The lowest BCUT2D eigenvalue weighted by molar-refractivity contribution is 0.324. The maximum Gasteiger partial charge on any atom is 0.214 e. The van der Waals surface area contributed by atoms with E-state index in [1.165, 1.54) is 22.5 Å². The maximum absolute atomic E-state index is 5.47. The standard InChI is InChI=1S/C21H22N4O3S/c1-13-7-5-6-8-14(13)11-22-20-24-25-16(12-23-21(25)29-20)15-9-17(26-2)19(28-4)18(10-15)27-3/h5-10,12H,11H2,1-4H3,(H,22,24). The minimum Gasteiger partial charge on any atom is -0.493 e. The average Bonchev–Trinajstić information content (AvgIpc) is 3.32. The second-order valence-corrected chi connectivity index (χ2v) is 7.40. The summed E-state index contributed by atoms with van der Waals surface area (Å²) in [4.78, 5) is 5.31. The van der Waals surface area contributed by atoms with Gasteiger partial charge in [0.15, 0.2) is 11.5 Å². The highest BCUT2D eigenvalue weighted by atomic mass is 32.1. The van der Waals surface area contributed by atoms with Crippen LogP contribution in [0, 0.1) is 6.92 Å². The van der Waals surface area contributed by atoms with Crippen LogP contribution < -0.4 is 19.5 Å². The Bertz CT molecular complexity index is 1130. The van der Waals surface area contributed by atoms with E-state index >= 15 is 0 Å². The van der Waals surface area contributed by atoms with Crippen molar-refractivity contribution in [2.75, 3.05) is 26.6 Å². The van der Waals surface area contributed by atoms with E-state index in [9.17, 15) is 0 Å². The zero-order valence-corrected chi connectivity index (χ0v) is 17.5. The number of benzene rings is 2. The minimum absolute atomic E-state index is 0.554. The molecule has 8 heteroatoms. The number of aromatic nitrogens is 3. The molecule has 0 aliphatic heterocycles. The van der Waals surface area contributed by atoms with Gasteiger partial charge in [0, 0.05) is 12.1 Å². The highest BCUT2D eigenvalue weighted by Gasteiger charge is 2.18. The van der Waals surface area contributed by atoms with Crippen molar-refractivity contribution < 1.29 is 14.2 Å². The van der Waals surface area contributed by atoms with E-state index in [-0.39, 0.29) is 0 Å². The number of ether oxygens (including phenoxy) is 3. The number of imidazole rings is 1.